The molecule has 3 unspecified atom stereocenters. The molecule has 1 N–H and O–H groups in total. The Balaban J connectivity index is 1.78. The molecule has 1 nitrogen and oxygen atoms in total. The van der Waals surface area contributed by atoms with Gasteiger partial charge in [0, 0.05) is 6.04 Å². The highest BCUT2D eigenvalue weighted by molar-refractivity contribution is 4.94. The molecular formula is C9H14F3N. The van der Waals surface area contributed by atoms with Crippen molar-refractivity contribution >= 4 is 0 Å². The summed E-state index contributed by atoms with van der Waals surface area (Å²) in [6.07, 6.45) is 0.410. The van der Waals surface area contributed by atoms with Gasteiger partial charge in [0.05, 0.1) is 6.54 Å². The van der Waals surface area contributed by atoms with Crippen LogP contribution in [-0.2, 0) is 0 Å². The number of hydrogen-bond acceptors (Lipinski definition) is 1. The molecule has 2 saturated carbocycles. The van der Waals surface area contributed by atoms with Gasteiger partial charge in [-0.2, -0.15) is 13.2 Å². The third-order valence-electron chi connectivity index (χ3n) is 3.30. The van der Waals surface area contributed by atoms with Crippen LogP contribution in [0, 0.1) is 11.8 Å². The van der Waals surface area contributed by atoms with E-state index in [4.69, 9.17) is 0 Å². The number of hydrogen-bond donors (Lipinski definition) is 1. The normalized spacial score (nSPS) is 38.5. The zero-order chi connectivity index (χ0) is 9.47. The minimum atomic E-state index is -4.05. The fourth-order valence-corrected chi connectivity index (χ4v) is 2.74. The first-order chi connectivity index (χ1) is 6.04. The SMILES string of the molecule is FC(F)(F)CNC1CC2CCC1C2. The summed E-state index contributed by atoms with van der Waals surface area (Å²) in [4.78, 5) is 0. The number of rotatable bonds is 2. The van der Waals surface area contributed by atoms with Gasteiger partial charge in [-0.3, -0.25) is 0 Å². The van der Waals surface area contributed by atoms with E-state index in [1.165, 1.54) is 6.42 Å². The molecule has 0 spiro atoms. The second kappa shape index (κ2) is 3.15. The van der Waals surface area contributed by atoms with Crippen molar-refractivity contribution in [2.24, 2.45) is 11.8 Å². The van der Waals surface area contributed by atoms with Crippen molar-refractivity contribution in [2.75, 3.05) is 6.54 Å². The molecule has 2 aliphatic rings. The van der Waals surface area contributed by atoms with Crippen LogP contribution in [0.3, 0.4) is 0 Å². The predicted molar refractivity (Wildman–Crippen MR) is 43.3 cm³/mol. The van der Waals surface area contributed by atoms with Crippen molar-refractivity contribution in [3.63, 3.8) is 0 Å². The maximum absolute atomic E-state index is 11.9. The molecule has 0 aromatic heterocycles. The van der Waals surface area contributed by atoms with E-state index in [2.05, 4.69) is 5.32 Å². The number of nitrogens with one attached hydrogen (secondary N) is 1. The molecule has 0 saturated heterocycles. The minimum absolute atomic E-state index is 0.139. The van der Waals surface area contributed by atoms with E-state index >= 15 is 0 Å². The van der Waals surface area contributed by atoms with E-state index in [-0.39, 0.29) is 6.04 Å². The second-order valence-electron chi connectivity index (χ2n) is 4.28. The molecule has 2 fully saturated rings. The molecule has 4 heteroatoms. The number of alkyl halides is 3. The van der Waals surface area contributed by atoms with Gasteiger partial charge in [0.25, 0.3) is 0 Å². The van der Waals surface area contributed by atoms with Crippen molar-refractivity contribution in [1.29, 1.82) is 0 Å². The van der Waals surface area contributed by atoms with Gasteiger partial charge < -0.3 is 5.32 Å². The second-order valence-corrected chi connectivity index (χ2v) is 4.28. The smallest absolute Gasteiger partial charge is 0.306 e. The summed E-state index contributed by atoms with van der Waals surface area (Å²) in [5.41, 5.74) is 0. The number of fused-ring (bicyclic) bond motifs is 2. The zero-order valence-corrected chi connectivity index (χ0v) is 7.40. The lowest BCUT2D eigenvalue weighted by Gasteiger charge is -2.23. The summed E-state index contributed by atoms with van der Waals surface area (Å²) in [7, 11) is 0. The first-order valence-electron chi connectivity index (χ1n) is 4.85. The molecule has 0 aliphatic heterocycles. The highest BCUT2D eigenvalue weighted by atomic mass is 19.4. The Kier molecular flexibility index (Phi) is 2.26. The van der Waals surface area contributed by atoms with Gasteiger partial charge in [-0.1, -0.05) is 6.42 Å². The largest absolute Gasteiger partial charge is 0.401 e. The monoisotopic (exact) mass is 193 g/mol. The van der Waals surface area contributed by atoms with E-state index in [9.17, 15) is 13.2 Å². The Morgan fingerprint density at radius 3 is 2.38 bits per heavy atom. The van der Waals surface area contributed by atoms with Gasteiger partial charge in [0.1, 0.15) is 0 Å². The van der Waals surface area contributed by atoms with E-state index < -0.39 is 12.7 Å². The van der Waals surface area contributed by atoms with E-state index in [1.54, 1.807) is 0 Å². The van der Waals surface area contributed by atoms with Crippen LogP contribution in [0.1, 0.15) is 25.7 Å². The lowest BCUT2D eigenvalue weighted by atomic mass is 9.95. The van der Waals surface area contributed by atoms with Crippen molar-refractivity contribution in [3.05, 3.63) is 0 Å². The van der Waals surface area contributed by atoms with Crippen LogP contribution in [0.2, 0.25) is 0 Å². The molecule has 2 aliphatic carbocycles. The molecule has 76 valence electrons. The lowest BCUT2D eigenvalue weighted by molar-refractivity contribution is -0.126. The molecule has 2 rings (SSSR count). The Morgan fingerprint density at radius 1 is 1.15 bits per heavy atom. The Bertz CT molecular complexity index is 190. The number of halogens is 3. The van der Waals surface area contributed by atoms with E-state index in [0.29, 0.717) is 11.8 Å². The molecule has 0 aromatic carbocycles. The molecule has 0 aromatic rings. The van der Waals surface area contributed by atoms with Crippen molar-refractivity contribution in [3.8, 4) is 0 Å². The topological polar surface area (TPSA) is 12.0 Å². The Labute approximate surface area is 75.7 Å². The van der Waals surface area contributed by atoms with Crippen LogP contribution in [-0.4, -0.2) is 18.8 Å². The van der Waals surface area contributed by atoms with Crippen LogP contribution in [0.4, 0.5) is 13.2 Å². The van der Waals surface area contributed by atoms with Gasteiger partial charge in [0.2, 0.25) is 0 Å². The summed E-state index contributed by atoms with van der Waals surface area (Å²) >= 11 is 0. The summed E-state index contributed by atoms with van der Waals surface area (Å²) in [5, 5.41) is 2.63. The fourth-order valence-electron chi connectivity index (χ4n) is 2.74. The standard InChI is InChI=1S/C9H14F3N/c10-9(11,12)5-13-8-4-6-1-2-7(8)3-6/h6-8,13H,1-5H2. The van der Waals surface area contributed by atoms with Crippen LogP contribution in [0.5, 0.6) is 0 Å². The average Bonchev–Trinajstić information content (AvgIpc) is 2.58. The van der Waals surface area contributed by atoms with Crippen molar-refractivity contribution in [1.82, 2.24) is 5.32 Å². The molecule has 13 heavy (non-hydrogen) atoms. The third-order valence-corrected chi connectivity index (χ3v) is 3.30. The molecule has 0 heterocycles. The zero-order valence-electron chi connectivity index (χ0n) is 7.40. The Hall–Kier alpha value is -0.250. The summed E-state index contributed by atoms with van der Waals surface area (Å²) in [6, 6.07) is 0.139. The van der Waals surface area contributed by atoms with E-state index in [0.717, 1.165) is 19.3 Å². The quantitative estimate of drug-likeness (QED) is 0.709. The van der Waals surface area contributed by atoms with E-state index in [1.807, 2.05) is 0 Å². The van der Waals surface area contributed by atoms with Gasteiger partial charge >= 0.3 is 6.18 Å². The molecule has 3 atom stereocenters. The van der Waals surface area contributed by atoms with Crippen LogP contribution in [0.25, 0.3) is 0 Å². The summed E-state index contributed by atoms with van der Waals surface area (Å²) in [5.74, 6) is 1.23. The van der Waals surface area contributed by atoms with Crippen LogP contribution in [0.15, 0.2) is 0 Å². The summed E-state index contributed by atoms with van der Waals surface area (Å²) in [6.45, 7) is -0.819. The first kappa shape index (κ1) is 9.31. The van der Waals surface area contributed by atoms with Gasteiger partial charge in [-0.25, -0.2) is 0 Å². The molecular weight excluding hydrogens is 179 g/mol. The van der Waals surface area contributed by atoms with Gasteiger partial charge in [-0.05, 0) is 31.1 Å². The molecule has 2 bridgehead atoms. The predicted octanol–water partition coefficient (Wildman–Crippen LogP) is 2.33. The van der Waals surface area contributed by atoms with Crippen LogP contribution >= 0.6 is 0 Å². The third kappa shape index (κ3) is 2.16. The highest BCUT2D eigenvalue weighted by Crippen LogP contribution is 2.44. The van der Waals surface area contributed by atoms with Gasteiger partial charge in [-0.15, -0.1) is 0 Å². The maximum atomic E-state index is 11.9. The maximum Gasteiger partial charge on any atom is 0.401 e. The fraction of sp³-hybridized carbons (Fsp3) is 1.00. The minimum Gasteiger partial charge on any atom is -0.306 e. The highest BCUT2D eigenvalue weighted by Gasteiger charge is 2.40. The average molecular weight is 193 g/mol. The van der Waals surface area contributed by atoms with Crippen molar-refractivity contribution in [2.45, 2.75) is 37.9 Å². The van der Waals surface area contributed by atoms with Gasteiger partial charge in [0.15, 0.2) is 0 Å². The van der Waals surface area contributed by atoms with Crippen LogP contribution < -0.4 is 5.32 Å². The summed E-state index contributed by atoms with van der Waals surface area (Å²) < 4.78 is 35.7. The first-order valence-corrected chi connectivity index (χ1v) is 4.85. The Morgan fingerprint density at radius 2 is 1.92 bits per heavy atom. The van der Waals surface area contributed by atoms with Crippen molar-refractivity contribution < 1.29 is 13.2 Å². The molecule has 0 radical (unpaired) electrons. The molecule has 0 amide bonds. The lowest BCUT2D eigenvalue weighted by Crippen LogP contribution is -2.39.